The fraction of sp³-hybridized carbons (Fsp3) is 0.0877. The molecule has 1 aromatic heterocycles. The summed E-state index contributed by atoms with van der Waals surface area (Å²) >= 11 is 1.91. The third-order valence-electron chi connectivity index (χ3n) is 10.8. The standard InChI is InChI=1S/C33H26S.C13H12.C11H10/c1-22-9-7-11-24(19-22)25-17-18-28(23(2)20-25)29-13-4-3-10-26(29)21-27-12-8-15-31-30-14-5-6-16-32(30)34-33(27)31;1-11-7-9-13(10-8-11)12-5-3-2-4-6-12;1-9-6-7-10-4-2-3-5-11(10)8-9/h3-20H,21H2,1-2H3;2-10H,1H3;2-8H,1H3. The summed E-state index contributed by atoms with van der Waals surface area (Å²) < 4.78 is 2.77. The van der Waals surface area contributed by atoms with Gasteiger partial charge in [-0.1, -0.05) is 217 Å². The van der Waals surface area contributed by atoms with Gasteiger partial charge in [-0.2, -0.15) is 0 Å². The summed E-state index contributed by atoms with van der Waals surface area (Å²) in [5, 5.41) is 5.38. The van der Waals surface area contributed by atoms with Crippen molar-refractivity contribution in [1.29, 1.82) is 0 Å². The quantitative estimate of drug-likeness (QED) is 0.164. The molecule has 0 radical (unpaired) electrons. The van der Waals surface area contributed by atoms with E-state index in [0.29, 0.717) is 0 Å². The van der Waals surface area contributed by atoms with E-state index in [1.165, 1.54) is 97.7 Å². The van der Waals surface area contributed by atoms with E-state index in [4.69, 9.17) is 0 Å². The van der Waals surface area contributed by atoms with Gasteiger partial charge in [0.25, 0.3) is 0 Å². The van der Waals surface area contributed by atoms with Crippen molar-refractivity contribution in [1.82, 2.24) is 0 Å². The van der Waals surface area contributed by atoms with Gasteiger partial charge < -0.3 is 0 Å². The van der Waals surface area contributed by atoms with Gasteiger partial charge in [-0.25, -0.2) is 0 Å². The van der Waals surface area contributed by atoms with E-state index in [0.717, 1.165) is 6.42 Å². The molecule has 0 aliphatic heterocycles. The van der Waals surface area contributed by atoms with Gasteiger partial charge in [-0.15, -0.1) is 11.3 Å². The molecule has 10 rings (SSSR count). The minimum absolute atomic E-state index is 0.930. The number of hydrogen-bond acceptors (Lipinski definition) is 1. The van der Waals surface area contributed by atoms with Crippen LogP contribution in [0.2, 0.25) is 0 Å². The predicted octanol–water partition coefficient (Wildman–Crippen LogP) is 16.4. The SMILES string of the molecule is Cc1ccc(-c2ccccc2)cc1.Cc1ccc2ccccc2c1.Cc1cccc(-c2ccc(-c3ccccc3Cc3cccc4c3sc3ccccc34)c(C)c2)c1. The number of hydrogen-bond donors (Lipinski definition) is 0. The maximum Gasteiger partial charge on any atom is 0.0390 e. The smallest absolute Gasteiger partial charge is 0.0390 e. The van der Waals surface area contributed by atoms with E-state index >= 15 is 0 Å². The summed E-state index contributed by atoms with van der Waals surface area (Å²) in [6, 6.07) is 74.0. The van der Waals surface area contributed by atoms with E-state index in [2.05, 4.69) is 228 Å². The van der Waals surface area contributed by atoms with Crippen LogP contribution in [0.1, 0.15) is 33.4 Å². The number of rotatable bonds is 5. The lowest BCUT2D eigenvalue weighted by molar-refractivity contribution is 1.22. The van der Waals surface area contributed by atoms with Gasteiger partial charge in [-0.05, 0) is 101 Å². The molecule has 0 fully saturated rings. The minimum Gasteiger partial charge on any atom is -0.135 e. The van der Waals surface area contributed by atoms with Crippen LogP contribution in [0.5, 0.6) is 0 Å². The highest BCUT2D eigenvalue weighted by atomic mass is 32.1. The molecule has 0 unspecified atom stereocenters. The van der Waals surface area contributed by atoms with Crippen molar-refractivity contribution in [2.45, 2.75) is 34.1 Å². The normalized spacial score (nSPS) is 10.8. The summed E-state index contributed by atoms with van der Waals surface area (Å²) in [7, 11) is 0. The van der Waals surface area contributed by atoms with Crippen molar-refractivity contribution in [2.75, 3.05) is 0 Å². The van der Waals surface area contributed by atoms with Crippen LogP contribution < -0.4 is 0 Å². The summed E-state index contributed by atoms with van der Waals surface area (Å²) in [5.74, 6) is 0. The molecule has 10 aromatic rings. The van der Waals surface area contributed by atoms with Gasteiger partial charge in [0.05, 0.1) is 0 Å². The molecule has 0 spiro atoms. The first-order valence-electron chi connectivity index (χ1n) is 20.1. The molecule has 0 amide bonds. The second kappa shape index (κ2) is 17.7. The van der Waals surface area contributed by atoms with Crippen LogP contribution >= 0.6 is 11.3 Å². The average molecular weight is 765 g/mol. The maximum absolute atomic E-state index is 2.33. The van der Waals surface area contributed by atoms with Gasteiger partial charge in [-0.3, -0.25) is 0 Å². The van der Waals surface area contributed by atoms with Crippen LogP contribution in [-0.4, -0.2) is 0 Å². The van der Waals surface area contributed by atoms with E-state index in [1.54, 1.807) is 0 Å². The largest absolute Gasteiger partial charge is 0.135 e. The molecule has 1 heteroatoms. The number of fused-ring (bicyclic) bond motifs is 4. The molecule has 0 bridgehead atoms. The Bertz CT molecular complexity index is 2950. The van der Waals surface area contributed by atoms with Crippen LogP contribution in [0.15, 0.2) is 206 Å². The van der Waals surface area contributed by atoms with Crippen LogP contribution in [0.3, 0.4) is 0 Å². The van der Waals surface area contributed by atoms with Gasteiger partial charge in [0.15, 0.2) is 0 Å². The summed E-state index contributed by atoms with van der Waals surface area (Å²) in [6.45, 7) is 8.61. The number of aryl methyl sites for hydroxylation is 4. The van der Waals surface area contributed by atoms with E-state index < -0.39 is 0 Å². The van der Waals surface area contributed by atoms with Crippen molar-refractivity contribution >= 4 is 42.3 Å². The van der Waals surface area contributed by atoms with Crippen molar-refractivity contribution in [2.24, 2.45) is 0 Å². The van der Waals surface area contributed by atoms with Crippen molar-refractivity contribution < 1.29 is 0 Å². The molecule has 0 saturated heterocycles. The molecule has 0 atom stereocenters. The van der Waals surface area contributed by atoms with Gasteiger partial charge in [0, 0.05) is 20.2 Å². The molecule has 0 nitrogen and oxygen atoms in total. The van der Waals surface area contributed by atoms with Gasteiger partial charge >= 0.3 is 0 Å². The third-order valence-corrected chi connectivity index (χ3v) is 12.1. The highest BCUT2D eigenvalue weighted by molar-refractivity contribution is 7.26. The summed E-state index contributed by atoms with van der Waals surface area (Å²) in [4.78, 5) is 0. The van der Waals surface area contributed by atoms with E-state index in [-0.39, 0.29) is 0 Å². The highest BCUT2D eigenvalue weighted by Gasteiger charge is 2.13. The first kappa shape index (κ1) is 38.3. The minimum atomic E-state index is 0.930. The third kappa shape index (κ3) is 8.87. The Balaban J connectivity index is 0.000000158. The lowest BCUT2D eigenvalue weighted by Gasteiger charge is -2.14. The topological polar surface area (TPSA) is 0 Å². The van der Waals surface area contributed by atoms with Crippen LogP contribution in [0, 0.1) is 27.7 Å². The van der Waals surface area contributed by atoms with Crippen LogP contribution in [-0.2, 0) is 6.42 Å². The number of benzene rings is 9. The summed E-state index contributed by atoms with van der Waals surface area (Å²) in [5.41, 5.74) is 15.8. The number of thiophene rings is 1. The molecule has 58 heavy (non-hydrogen) atoms. The second-order valence-electron chi connectivity index (χ2n) is 15.2. The van der Waals surface area contributed by atoms with Crippen LogP contribution in [0.4, 0.5) is 0 Å². The molecule has 0 saturated carbocycles. The molecule has 282 valence electrons. The summed E-state index contributed by atoms with van der Waals surface area (Å²) in [6.07, 6.45) is 0.930. The van der Waals surface area contributed by atoms with Crippen molar-refractivity contribution in [3.05, 3.63) is 240 Å². The van der Waals surface area contributed by atoms with Gasteiger partial charge in [0.1, 0.15) is 0 Å². The fourth-order valence-corrected chi connectivity index (χ4v) is 8.96. The monoisotopic (exact) mass is 764 g/mol. The Labute approximate surface area is 347 Å². The maximum atomic E-state index is 2.33. The zero-order valence-corrected chi connectivity index (χ0v) is 34.6. The Morgan fingerprint density at radius 1 is 0.345 bits per heavy atom. The molecule has 1 heterocycles. The first-order valence-corrected chi connectivity index (χ1v) is 20.9. The average Bonchev–Trinajstić information content (AvgIpc) is 3.65. The Hall–Kier alpha value is -6.54. The molecule has 0 aliphatic rings. The Morgan fingerprint density at radius 3 is 1.74 bits per heavy atom. The van der Waals surface area contributed by atoms with E-state index in [9.17, 15) is 0 Å². The Morgan fingerprint density at radius 2 is 0.931 bits per heavy atom. The lowest BCUT2D eigenvalue weighted by Crippen LogP contribution is -1.94. The van der Waals surface area contributed by atoms with Crippen molar-refractivity contribution in [3.8, 4) is 33.4 Å². The lowest BCUT2D eigenvalue weighted by atomic mass is 9.90. The van der Waals surface area contributed by atoms with Crippen LogP contribution in [0.25, 0.3) is 64.3 Å². The Kier molecular flexibility index (Phi) is 11.7. The van der Waals surface area contributed by atoms with Gasteiger partial charge in [0.2, 0.25) is 0 Å². The molecular formula is C57H48S. The fourth-order valence-electron chi connectivity index (χ4n) is 7.74. The second-order valence-corrected chi connectivity index (χ2v) is 16.3. The first-order chi connectivity index (χ1) is 28.4. The molecule has 9 aromatic carbocycles. The van der Waals surface area contributed by atoms with Crippen molar-refractivity contribution in [3.63, 3.8) is 0 Å². The molecule has 0 aliphatic carbocycles. The predicted molar refractivity (Wildman–Crippen MR) is 254 cm³/mol. The zero-order valence-electron chi connectivity index (χ0n) is 33.7. The highest BCUT2D eigenvalue weighted by Crippen LogP contribution is 2.38. The molecule has 0 N–H and O–H groups in total. The van der Waals surface area contributed by atoms with E-state index in [1.807, 2.05) is 17.4 Å². The zero-order chi connectivity index (χ0) is 39.8. The molecular weight excluding hydrogens is 717 g/mol.